The molecule has 0 saturated carbocycles. The van der Waals surface area contributed by atoms with Crippen LogP contribution in [0.15, 0.2) is 30.3 Å². The van der Waals surface area contributed by atoms with Crippen LogP contribution in [0.3, 0.4) is 0 Å². The first-order valence-corrected chi connectivity index (χ1v) is 7.05. The predicted molar refractivity (Wildman–Crippen MR) is 84.8 cm³/mol. The number of ether oxygens (including phenoxy) is 3. The summed E-state index contributed by atoms with van der Waals surface area (Å²) in [5, 5.41) is 2.41. The molecule has 0 atom stereocenters. The van der Waals surface area contributed by atoms with Gasteiger partial charge in [0.1, 0.15) is 0 Å². The molecule has 1 amide bonds. The molecule has 7 heteroatoms. The number of methoxy groups -OCH3 is 2. The van der Waals surface area contributed by atoms with Crippen molar-refractivity contribution in [2.24, 2.45) is 0 Å². The van der Waals surface area contributed by atoms with Gasteiger partial charge in [-0.15, -0.1) is 0 Å². The second-order valence-electron chi connectivity index (χ2n) is 4.96. The molecule has 128 valence electrons. The third-order valence-corrected chi connectivity index (χ3v) is 3.16. The van der Waals surface area contributed by atoms with E-state index in [1.165, 1.54) is 20.3 Å². The third-order valence-electron chi connectivity index (χ3n) is 3.16. The highest BCUT2D eigenvalue weighted by atomic mass is 19.2. The molecule has 0 radical (unpaired) electrons. The van der Waals surface area contributed by atoms with Gasteiger partial charge in [0.05, 0.1) is 14.2 Å². The first-order chi connectivity index (χ1) is 11.4. The minimum Gasteiger partial charge on any atom is -0.493 e. The van der Waals surface area contributed by atoms with Crippen molar-refractivity contribution >= 4 is 11.6 Å². The molecule has 0 heterocycles. The van der Waals surface area contributed by atoms with E-state index in [-0.39, 0.29) is 18.0 Å². The average Bonchev–Trinajstić information content (AvgIpc) is 2.56. The Kier molecular flexibility index (Phi) is 5.57. The van der Waals surface area contributed by atoms with Gasteiger partial charge >= 0.3 is 0 Å². The normalized spacial score (nSPS) is 10.2. The molecule has 0 aliphatic heterocycles. The number of benzene rings is 2. The van der Waals surface area contributed by atoms with E-state index in [1.54, 1.807) is 12.1 Å². The molecule has 24 heavy (non-hydrogen) atoms. The lowest BCUT2D eigenvalue weighted by Gasteiger charge is -2.15. The number of carbonyl (C=O) groups is 1. The maximum absolute atomic E-state index is 13.1. The minimum absolute atomic E-state index is 0.130. The van der Waals surface area contributed by atoms with Gasteiger partial charge in [-0.1, -0.05) is 0 Å². The molecule has 0 aromatic heterocycles. The van der Waals surface area contributed by atoms with E-state index in [4.69, 9.17) is 14.2 Å². The van der Waals surface area contributed by atoms with Crippen molar-refractivity contribution in [3.63, 3.8) is 0 Å². The quantitative estimate of drug-likeness (QED) is 0.879. The Morgan fingerprint density at radius 2 is 1.67 bits per heavy atom. The largest absolute Gasteiger partial charge is 0.493 e. The highest BCUT2D eigenvalue weighted by molar-refractivity contribution is 5.91. The number of nitrogens with one attached hydrogen (secondary N) is 1. The van der Waals surface area contributed by atoms with Gasteiger partial charge in [-0.3, -0.25) is 4.79 Å². The molecule has 0 aliphatic rings. The van der Waals surface area contributed by atoms with Crippen molar-refractivity contribution < 1.29 is 27.8 Å². The number of hydrogen-bond acceptors (Lipinski definition) is 4. The number of halogens is 2. The van der Waals surface area contributed by atoms with E-state index in [2.05, 4.69) is 5.32 Å². The lowest BCUT2D eigenvalue weighted by molar-refractivity contribution is -0.118. The molecule has 0 aliphatic carbocycles. The van der Waals surface area contributed by atoms with Crippen LogP contribution in [-0.2, 0) is 4.79 Å². The Hall–Kier alpha value is -2.83. The standard InChI is InChI=1S/C17H17F2NO4/c1-10-6-14(22-2)17(15(7-10)23-3)24-9-16(21)20-11-4-5-12(18)13(19)8-11/h4-8H,9H2,1-3H3,(H,20,21). The fraction of sp³-hybridized carbons (Fsp3) is 0.235. The summed E-state index contributed by atoms with van der Waals surface area (Å²) in [7, 11) is 2.95. The van der Waals surface area contributed by atoms with Crippen molar-refractivity contribution in [2.45, 2.75) is 6.92 Å². The molecular weight excluding hydrogens is 320 g/mol. The Balaban J connectivity index is 2.07. The van der Waals surface area contributed by atoms with Crippen LogP contribution in [0.5, 0.6) is 17.2 Å². The van der Waals surface area contributed by atoms with Gasteiger partial charge in [-0.05, 0) is 36.8 Å². The molecule has 2 aromatic rings. The summed E-state index contributed by atoms with van der Waals surface area (Å²) >= 11 is 0. The molecule has 2 rings (SSSR count). The predicted octanol–water partition coefficient (Wildman–Crippen LogP) is 3.31. The van der Waals surface area contributed by atoms with E-state index in [1.807, 2.05) is 6.92 Å². The number of amides is 1. The second-order valence-corrected chi connectivity index (χ2v) is 4.96. The molecule has 0 unspecified atom stereocenters. The molecule has 2 aromatic carbocycles. The topological polar surface area (TPSA) is 56.8 Å². The maximum atomic E-state index is 13.1. The molecule has 1 N–H and O–H groups in total. The SMILES string of the molecule is COc1cc(C)cc(OC)c1OCC(=O)Nc1ccc(F)c(F)c1. The number of rotatable bonds is 6. The Morgan fingerprint density at radius 3 is 2.21 bits per heavy atom. The van der Waals surface area contributed by atoms with Gasteiger partial charge in [-0.25, -0.2) is 8.78 Å². The van der Waals surface area contributed by atoms with E-state index in [0.29, 0.717) is 11.5 Å². The van der Waals surface area contributed by atoms with Gasteiger partial charge in [0.25, 0.3) is 5.91 Å². The third kappa shape index (κ3) is 4.13. The van der Waals surface area contributed by atoms with Crippen LogP contribution < -0.4 is 19.5 Å². The number of carbonyl (C=O) groups excluding carboxylic acids is 1. The molecule has 0 saturated heterocycles. The van der Waals surface area contributed by atoms with E-state index in [9.17, 15) is 13.6 Å². The molecule has 5 nitrogen and oxygen atoms in total. The van der Waals surface area contributed by atoms with Gasteiger partial charge in [0.15, 0.2) is 29.7 Å². The van der Waals surface area contributed by atoms with Gasteiger partial charge in [0.2, 0.25) is 5.75 Å². The molecule has 0 spiro atoms. The van der Waals surface area contributed by atoms with E-state index < -0.39 is 17.5 Å². The fourth-order valence-electron chi connectivity index (χ4n) is 2.06. The zero-order valence-electron chi connectivity index (χ0n) is 13.5. The zero-order valence-corrected chi connectivity index (χ0v) is 13.5. The highest BCUT2D eigenvalue weighted by Crippen LogP contribution is 2.38. The fourth-order valence-corrected chi connectivity index (χ4v) is 2.06. The second kappa shape index (κ2) is 7.63. The summed E-state index contributed by atoms with van der Waals surface area (Å²) in [6.07, 6.45) is 0. The van der Waals surface area contributed by atoms with Crippen molar-refractivity contribution in [1.82, 2.24) is 0 Å². The summed E-state index contributed by atoms with van der Waals surface area (Å²) in [5.74, 6) is -1.44. The van der Waals surface area contributed by atoms with Gasteiger partial charge < -0.3 is 19.5 Å². The van der Waals surface area contributed by atoms with Crippen LogP contribution >= 0.6 is 0 Å². The monoisotopic (exact) mass is 337 g/mol. The number of anilines is 1. The van der Waals surface area contributed by atoms with E-state index >= 15 is 0 Å². The van der Waals surface area contributed by atoms with Crippen molar-refractivity contribution in [2.75, 3.05) is 26.1 Å². The summed E-state index contributed by atoms with van der Waals surface area (Å²) < 4.78 is 41.9. The van der Waals surface area contributed by atoms with Crippen LogP contribution in [0, 0.1) is 18.6 Å². The van der Waals surface area contributed by atoms with Crippen LogP contribution in [0.1, 0.15) is 5.56 Å². The lowest BCUT2D eigenvalue weighted by atomic mass is 10.2. The summed E-state index contributed by atoms with van der Waals surface area (Å²) in [4.78, 5) is 11.9. The lowest BCUT2D eigenvalue weighted by Crippen LogP contribution is -2.20. The Labute approximate surface area is 138 Å². The van der Waals surface area contributed by atoms with E-state index in [0.717, 1.165) is 17.7 Å². The van der Waals surface area contributed by atoms with Crippen LogP contribution in [-0.4, -0.2) is 26.7 Å². The first-order valence-electron chi connectivity index (χ1n) is 7.05. The summed E-state index contributed by atoms with van der Waals surface area (Å²) in [6.45, 7) is 1.51. The minimum atomic E-state index is -1.05. The Bertz CT molecular complexity index is 724. The zero-order chi connectivity index (χ0) is 17.7. The van der Waals surface area contributed by atoms with Crippen LogP contribution in [0.2, 0.25) is 0 Å². The maximum Gasteiger partial charge on any atom is 0.262 e. The first kappa shape index (κ1) is 17.5. The number of aryl methyl sites for hydroxylation is 1. The van der Waals surface area contributed by atoms with Crippen molar-refractivity contribution in [1.29, 1.82) is 0 Å². The number of hydrogen-bond donors (Lipinski definition) is 1. The van der Waals surface area contributed by atoms with Gasteiger partial charge in [0, 0.05) is 11.8 Å². The Morgan fingerprint density at radius 1 is 1.04 bits per heavy atom. The molecule has 0 bridgehead atoms. The summed E-state index contributed by atoms with van der Waals surface area (Å²) in [6, 6.07) is 6.55. The summed E-state index contributed by atoms with van der Waals surface area (Å²) in [5.41, 5.74) is 1.03. The van der Waals surface area contributed by atoms with Crippen molar-refractivity contribution in [3.8, 4) is 17.2 Å². The molecule has 0 fully saturated rings. The molecular formula is C17H17F2NO4. The highest BCUT2D eigenvalue weighted by Gasteiger charge is 2.15. The van der Waals surface area contributed by atoms with Crippen LogP contribution in [0.4, 0.5) is 14.5 Å². The average molecular weight is 337 g/mol. The smallest absolute Gasteiger partial charge is 0.262 e. The van der Waals surface area contributed by atoms with Crippen molar-refractivity contribution in [3.05, 3.63) is 47.5 Å². The van der Waals surface area contributed by atoms with Gasteiger partial charge in [-0.2, -0.15) is 0 Å². The van der Waals surface area contributed by atoms with Crippen LogP contribution in [0.25, 0.3) is 0 Å².